The number of nitrogens with two attached hydrogens (primary N) is 1. The molecule has 328 valence electrons. The summed E-state index contributed by atoms with van der Waals surface area (Å²) in [6, 6.07) is 17.5. The van der Waals surface area contributed by atoms with Crippen LogP contribution in [0.1, 0.15) is 71.9 Å². The molecule has 6 heterocycles. The van der Waals surface area contributed by atoms with Crippen molar-refractivity contribution in [2.45, 2.75) is 77.3 Å². The maximum Gasteiger partial charge on any atom is 0.160 e. The second-order valence-corrected chi connectivity index (χ2v) is 17.4. The Kier molecular flexibility index (Phi) is 11.2. The van der Waals surface area contributed by atoms with E-state index in [1.807, 2.05) is 32.0 Å². The Balaban J connectivity index is 0.000000127. The average molecular weight is 895 g/mol. The molecule has 4 aliphatic carbocycles. The number of nitrogens with one attached hydrogen (secondary N) is 1. The van der Waals surface area contributed by atoms with Crippen LogP contribution in [0.25, 0.3) is 45.0 Å². The highest BCUT2D eigenvalue weighted by Crippen LogP contribution is 2.44. The van der Waals surface area contributed by atoms with Crippen molar-refractivity contribution in [2.75, 3.05) is 5.32 Å². The third kappa shape index (κ3) is 8.28. The largest absolute Gasteiger partial charge is 0.367 e. The van der Waals surface area contributed by atoms with Crippen LogP contribution in [-0.2, 0) is 12.8 Å². The predicted molar refractivity (Wildman–Crippen MR) is 244 cm³/mol. The fourth-order valence-electron chi connectivity index (χ4n) is 9.41. The summed E-state index contributed by atoms with van der Waals surface area (Å²) in [4.78, 5) is 16.9. The first-order chi connectivity index (χ1) is 31.5. The molecule has 12 rings (SSSR count). The molecule has 15 heteroatoms. The number of nitrogens with zero attached hydrogens (tertiary/aromatic N) is 8. The van der Waals surface area contributed by atoms with E-state index in [9.17, 15) is 17.6 Å². The van der Waals surface area contributed by atoms with Crippen molar-refractivity contribution in [1.29, 1.82) is 0 Å². The molecule has 0 radical (unpaired) electrons. The Morgan fingerprint density at radius 1 is 0.646 bits per heavy atom. The van der Waals surface area contributed by atoms with Gasteiger partial charge in [0.2, 0.25) is 0 Å². The molecular formula is C50H43ClF4N10. The molecule has 0 saturated heterocycles. The first-order valence-electron chi connectivity index (χ1n) is 21.5. The minimum atomic E-state index is -0.407. The van der Waals surface area contributed by atoms with Crippen LogP contribution in [0.4, 0.5) is 23.4 Å². The van der Waals surface area contributed by atoms with E-state index in [1.54, 1.807) is 59.6 Å². The van der Waals surface area contributed by atoms with Crippen molar-refractivity contribution in [3.63, 3.8) is 0 Å². The van der Waals surface area contributed by atoms with Gasteiger partial charge in [0.05, 0.1) is 36.2 Å². The maximum absolute atomic E-state index is 14.3. The van der Waals surface area contributed by atoms with E-state index in [2.05, 4.69) is 30.5 Å². The van der Waals surface area contributed by atoms with Gasteiger partial charge in [-0.3, -0.25) is 9.97 Å². The van der Waals surface area contributed by atoms with E-state index in [4.69, 9.17) is 22.3 Å². The van der Waals surface area contributed by atoms with Gasteiger partial charge in [0, 0.05) is 58.9 Å². The van der Waals surface area contributed by atoms with E-state index < -0.39 is 11.6 Å². The first-order valence-corrected chi connectivity index (χ1v) is 21.9. The molecule has 0 amide bonds. The Bertz CT molecular complexity index is 3230. The molecule has 2 aromatic carbocycles. The van der Waals surface area contributed by atoms with Gasteiger partial charge in [-0.25, -0.2) is 32.0 Å². The van der Waals surface area contributed by atoms with E-state index in [0.717, 1.165) is 102 Å². The highest BCUT2D eigenvalue weighted by atomic mass is 35.5. The summed E-state index contributed by atoms with van der Waals surface area (Å²) in [5.74, 6) is -0.180. The van der Waals surface area contributed by atoms with Crippen molar-refractivity contribution >= 4 is 39.9 Å². The van der Waals surface area contributed by atoms with E-state index in [1.165, 1.54) is 45.1 Å². The predicted octanol–water partition coefficient (Wildman–Crippen LogP) is 10.9. The molecule has 4 aliphatic rings. The third-order valence-corrected chi connectivity index (χ3v) is 12.9. The Labute approximate surface area is 377 Å². The standard InChI is InChI=1S/C25H21F2N5.C13H14FN.C12H8ClFN4/c1-14-11-29-32-24(10-23(31-25(14)32)16-7-17(26)13-28-12-16)30-18-6-5-15-8-21-19(20(15)9-18)3-2-4-22(21)27;14-13-3-1-2-10-11-7-9(15)5-4-8(11)6-12(10)13;1-7-4-16-18-11(13)3-10(17-12(7)18)8-2-9(14)6-15-5-8/h2-4,7,10-13,18,30H,5-6,8-9H2,1H3;1-3,9H,4-7,15H2;2-6H,1H3/t;9-;/m.1./s1. The van der Waals surface area contributed by atoms with Gasteiger partial charge in [-0.1, -0.05) is 47.0 Å². The number of pyridine rings is 2. The smallest absolute Gasteiger partial charge is 0.160 e. The monoisotopic (exact) mass is 894 g/mol. The normalized spacial score (nSPS) is 17.2. The van der Waals surface area contributed by atoms with Gasteiger partial charge >= 0.3 is 0 Å². The van der Waals surface area contributed by atoms with Crippen LogP contribution in [0.2, 0.25) is 5.15 Å². The molecule has 0 saturated carbocycles. The quantitative estimate of drug-likeness (QED) is 0.132. The number of aryl methyl sites for hydroxylation is 2. The van der Waals surface area contributed by atoms with E-state index in [-0.39, 0.29) is 23.7 Å². The molecule has 6 aromatic heterocycles. The van der Waals surface area contributed by atoms with E-state index in [0.29, 0.717) is 33.3 Å². The molecule has 8 aromatic rings. The molecular weight excluding hydrogens is 852 g/mol. The lowest BCUT2D eigenvalue weighted by molar-refractivity contribution is 0.595. The number of anilines is 1. The lowest BCUT2D eigenvalue weighted by Gasteiger charge is -2.26. The van der Waals surface area contributed by atoms with Gasteiger partial charge < -0.3 is 11.1 Å². The lowest BCUT2D eigenvalue weighted by Crippen LogP contribution is -2.24. The van der Waals surface area contributed by atoms with Gasteiger partial charge in [0.15, 0.2) is 11.3 Å². The number of fused-ring (bicyclic) bond motifs is 6. The number of allylic oxidation sites excluding steroid dienone is 2. The number of hydrogen-bond donors (Lipinski definition) is 2. The zero-order valence-corrected chi connectivity index (χ0v) is 36.3. The number of rotatable bonds is 4. The molecule has 3 N–H and O–H groups in total. The lowest BCUT2D eigenvalue weighted by atomic mass is 9.88. The van der Waals surface area contributed by atoms with Crippen molar-refractivity contribution in [3.8, 4) is 22.5 Å². The van der Waals surface area contributed by atoms with Gasteiger partial charge in [-0.15, -0.1) is 0 Å². The summed E-state index contributed by atoms with van der Waals surface area (Å²) in [6.07, 6.45) is 16.2. The highest BCUT2D eigenvalue weighted by molar-refractivity contribution is 6.30. The fraction of sp³-hybridized carbons (Fsp3) is 0.240. The zero-order chi connectivity index (χ0) is 44.9. The van der Waals surface area contributed by atoms with Crippen LogP contribution < -0.4 is 11.1 Å². The summed E-state index contributed by atoms with van der Waals surface area (Å²) < 4.78 is 58.1. The minimum absolute atomic E-state index is 0.0597. The SMILES string of the molecule is Cc1cnn2c(Cl)cc(-c3cncc(F)c3)nc12.Cc1cnn2c(NC3CCC4=C(C3)c3cccc(F)c3C4)cc(-c3cncc(F)c3)nc12.N[C@@H]1CCC2=C(C1)c1cccc(F)c1C2. The third-order valence-electron chi connectivity index (χ3n) is 12.7. The summed E-state index contributed by atoms with van der Waals surface area (Å²) in [5.41, 5.74) is 20.8. The summed E-state index contributed by atoms with van der Waals surface area (Å²) in [5, 5.41) is 12.7. The van der Waals surface area contributed by atoms with Gasteiger partial charge in [-0.2, -0.15) is 14.7 Å². The van der Waals surface area contributed by atoms with Crippen molar-refractivity contribution in [1.82, 2.24) is 39.2 Å². The zero-order valence-electron chi connectivity index (χ0n) is 35.6. The number of hydrogen-bond acceptors (Lipinski definition) is 8. The number of benzene rings is 2. The van der Waals surface area contributed by atoms with Crippen LogP contribution >= 0.6 is 11.6 Å². The fourth-order valence-corrected chi connectivity index (χ4v) is 9.64. The van der Waals surface area contributed by atoms with Crippen molar-refractivity contribution < 1.29 is 17.6 Å². The van der Waals surface area contributed by atoms with E-state index >= 15 is 0 Å². The second-order valence-electron chi connectivity index (χ2n) is 17.0. The van der Waals surface area contributed by atoms with Gasteiger partial charge in [-0.05, 0) is 123 Å². The van der Waals surface area contributed by atoms with Gasteiger partial charge in [0.1, 0.15) is 34.2 Å². The molecule has 0 aliphatic heterocycles. The molecule has 10 nitrogen and oxygen atoms in total. The Morgan fingerprint density at radius 3 is 1.78 bits per heavy atom. The first kappa shape index (κ1) is 42.2. The van der Waals surface area contributed by atoms with Crippen LogP contribution in [-0.4, -0.2) is 51.2 Å². The average Bonchev–Trinajstić information content (AvgIpc) is 4.08. The summed E-state index contributed by atoms with van der Waals surface area (Å²) in [6.45, 7) is 3.84. The topological polar surface area (TPSA) is 124 Å². The molecule has 1 unspecified atom stereocenters. The van der Waals surface area contributed by atoms with Crippen LogP contribution in [0, 0.1) is 37.1 Å². The molecule has 2 atom stereocenters. The van der Waals surface area contributed by atoms with Crippen molar-refractivity contribution in [2.24, 2.45) is 5.73 Å². The Morgan fingerprint density at radius 2 is 1.18 bits per heavy atom. The minimum Gasteiger partial charge on any atom is -0.367 e. The summed E-state index contributed by atoms with van der Waals surface area (Å²) >= 11 is 6.11. The Hall–Kier alpha value is -6.77. The summed E-state index contributed by atoms with van der Waals surface area (Å²) in [7, 11) is 0. The highest BCUT2D eigenvalue weighted by Gasteiger charge is 2.31. The van der Waals surface area contributed by atoms with Crippen LogP contribution in [0.3, 0.4) is 0 Å². The molecule has 0 spiro atoms. The second kappa shape index (κ2) is 17.3. The number of aromatic nitrogens is 8. The van der Waals surface area contributed by atoms with Crippen LogP contribution in [0.5, 0.6) is 0 Å². The number of halogens is 5. The molecule has 0 bridgehead atoms. The van der Waals surface area contributed by atoms with Crippen molar-refractivity contribution in [3.05, 3.63) is 171 Å². The van der Waals surface area contributed by atoms with Crippen LogP contribution in [0.15, 0.2) is 109 Å². The molecule has 65 heavy (non-hydrogen) atoms. The maximum atomic E-state index is 14.3. The van der Waals surface area contributed by atoms with Gasteiger partial charge in [0.25, 0.3) is 0 Å². The molecule has 0 fully saturated rings.